The number of hydrogen-bond acceptors (Lipinski definition) is 2. The van der Waals surface area contributed by atoms with Crippen molar-refractivity contribution in [2.24, 2.45) is 0 Å². The molecule has 1 rings (SSSR count). The van der Waals surface area contributed by atoms with Gasteiger partial charge in [-0.05, 0) is 31.5 Å². The molecular weight excluding hydrogens is 306 g/mol. The van der Waals surface area contributed by atoms with Crippen LogP contribution in [0, 0.1) is 0 Å². The van der Waals surface area contributed by atoms with Crippen LogP contribution in [0.2, 0.25) is 0 Å². The van der Waals surface area contributed by atoms with Crippen molar-refractivity contribution < 1.29 is 0 Å². The molecule has 0 saturated heterocycles. The quantitative estimate of drug-likeness (QED) is 0.499. The van der Waals surface area contributed by atoms with Gasteiger partial charge in [0.2, 0.25) is 0 Å². The Hall–Kier alpha value is 0.01000. The Labute approximate surface area is 124 Å². The van der Waals surface area contributed by atoms with Gasteiger partial charge in [-0.1, -0.05) is 48.2 Å². The summed E-state index contributed by atoms with van der Waals surface area (Å²) in [5.41, 5.74) is 0. The largest absolute Gasteiger partial charge is 0.313 e. The van der Waals surface area contributed by atoms with E-state index in [-0.39, 0.29) is 0 Å². The SMILES string of the molecule is CCCCCC(C)NCCSc1cccc(Br)c1. The zero-order chi connectivity index (χ0) is 13.2. The highest BCUT2D eigenvalue weighted by molar-refractivity contribution is 9.10. The van der Waals surface area contributed by atoms with Crippen LogP contribution in [0.25, 0.3) is 0 Å². The summed E-state index contributed by atoms with van der Waals surface area (Å²) in [6, 6.07) is 9.15. The minimum absolute atomic E-state index is 0.652. The van der Waals surface area contributed by atoms with Gasteiger partial charge in [-0.2, -0.15) is 0 Å². The van der Waals surface area contributed by atoms with Gasteiger partial charge in [0.05, 0.1) is 0 Å². The lowest BCUT2D eigenvalue weighted by Crippen LogP contribution is -2.28. The summed E-state index contributed by atoms with van der Waals surface area (Å²) in [7, 11) is 0. The van der Waals surface area contributed by atoms with E-state index >= 15 is 0 Å². The molecule has 18 heavy (non-hydrogen) atoms. The van der Waals surface area contributed by atoms with E-state index < -0.39 is 0 Å². The standard InChI is InChI=1S/C15H24BrNS/c1-3-4-5-7-13(2)17-10-11-18-15-9-6-8-14(16)12-15/h6,8-9,12-13,17H,3-5,7,10-11H2,1-2H3. The summed E-state index contributed by atoms with van der Waals surface area (Å²) in [5, 5.41) is 3.59. The van der Waals surface area contributed by atoms with Crippen LogP contribution in [-0.4, -0.2) is 18.3 Å². The molecule has 1 aromatic carbocycles. The number of rotatable bonds is 9. The Kier molecular flexibility index (Phi) is 8.82. The van der Waals surface area contributed by atoms with Gasteiger partial charge in [0, 0.05) is 27.7 Å². The zero-order valence-corrected chi connectivity index (χ0v) is 13.8. The molecule has 0 heterocycles. The average Bonchev–Trinajstić information content (AvgIpc) is 2.35. The fourth-order valence-electron chi connectivity index (χ4n) is 1.83. The van der Waals surface area contributed by atoms with Crippen LogP contribution in [-0.2, 0) is 0 Å². The highest BCUT2D eigenvalue weighted by atomic mass is 79.9. The van der Waals surface area contributed by atoms with Crippen LogP contribution in [0.4, 0.5) is 0 Å². The highest BCUT2D eigenvalue weighted by Crippen LogP contribution is 2.21. The second-order valence-corrected chi connectivity index (χ2v) is 6.74. The molecule has 0 aliphatic rings. The zero-order valence-electron chi connectivity index (χ0n) is 11.4. The molecule has 0 aliphatic heterocycles. The lowest BCUT2D eigenvalue weighted by Gasteiger charge is -2.13. The molecule has 0 amide bonds. The maximum atomic E-state index is 3.59. The third kappa shape index (κ3) is 7.45. The molecule has 0 radical (unpaired) electrons. The van der Waals surface area contributed by atoms with Gasteiger partial charge in [-0.3, -0.25) is 0 Å². The Morgan fingerprint density at radius 1 is 1.33 bits per heavy atom. The maximum absolute atomic E-state index is 3.59. The van der Waals surface area contributed by atoms with E-state index in [4.69, 9.17) is 0 Å². The minimum Gasteiger partial charge on any atom is -0.313 e. The van der Waals surface area contributed by atoms with E-state index in [1.165, 1.54) is 30.6 Å². The number of hydrogen-bond donors (Lipinski definition) is 1. The highest BCUT2D eigenvalue weighted by Gasteiger charge is 2.00. The smallest absolute Gasteiger partial charge is 0.0186 e. The fraction of sp³-hybridized carbons (Fsp3) is 0.600. The van der Waals surface area contributed by atoms with Crippen molar-refractivity contribution in [3.63, 3.8) is 0 Å². The number of benzene rings is 1. The molecule has 102 valence electrons. The van der Waals surface area contributed by atoms with Crippen molar-refractivity contribution in [3.05, 3.63) is 28.7 Å². The molecule has 1 unspecified atom stereocenters. The molecule has 0 bridgehead atoms. The molecule has 1 nitrogen and oxygen atoms in total. The lowest BCUT2D eigenvalue weighted by molar-refractivity contribution is 0.502. The molecule has 0 aromatic heterocycles. The van der Waals surface area contributed by atoms with E-state index in [0.717, 1.165) is 16.8 Å². The Morgan fingerprint density at radius 3 is 2.89 bits per heavy atom. The lowest BCUT2D eigenvalue weighted by atomic mass is 10.1. The summed E-state index contributed by atoms with van der Waals surface area (Å²) >= 11 is 5.41. The van der Waals surface area contributed by atoms with Gasteiger partial charge in [0.1, 0.15) is 0 Å². The molecule has 0 saturated carbocycles. The summed E-state index contributed by atoms with van der Waals surface area (Å²) in [6.45, 7) is 5.64. The molecular formula is C15H24BrNS. The topological polar surface area (TPSA) is 12.0 Å². The van der Waals surface area contributed by atoms with E-state index in [1.54, 1.807) is 0 Å². The third-order valence-corrected chi connectivity index (χ3v) is 4.39. The van der Waals surface area contributed by atoms with Crippen LogP contribution in [0.15, 0.2) is 33.6 Å². The molecule has 0 spiro atoms. The molecule has 3 heteroatoms. The Balaban J connectivity index is 2.07. The van der Waals surface area contributed by atoms with E-state index in [1.807, 2.05) is 11.8 Å². The van der Waals surface area contributed by atoms with Gasteiger partial charge < -0.3 is 5.32 Å². The van der Waals surface area contributed by atoms with Crippen LogP contribution < -0.4 is 5.32 Å². The van der Waals surface area contributed by atoms with Crippen molar-refractivity contribution in [1.82, 2.24) is 5.32 Å². The normalized spacial score (nSPS) is 12.6. The molecule has 1 atom stereocenters. The summed E-state index contributed by atoms with van der Waals surface area (Å²) in [5.74, 6) is 1.13. The molecule has 1 N–H and O–H groups in total. The van der Waals surface area contributed by atoms with E-state index in [9.17, 15) is 0 Å². The molecule has 0 fully saturated rings. The first-order valence-corrected chi connectivity index (χ1v) is 8.62. The number of unbranched alkanes of at least 4 members (excludes halogenated alkanes) is 2. The first-order chi connectivity index (χ1) is 8.72. The molecule has 0 aliphatic carbocycles. The van der Waals surface area contributed by atoms with E-state index in [0.29, 0.717) is 6.04 Å². The summed E-state index contributed by atoms with van der Waals surface area (Å²) in [4.78, 5) is 1.34. The maximum Gasteiger partial charge on any atom is 0.0186 e. The van der Waals surface area contributed by atoms with Crippen molar-refractivity contribution >= 4 is 27.7 Å². The first kappa shape index (κ1) is 16.1. The van der Waals surface area contributed by atoms with Crippen molar-refractivity contribution in [2.75, 3.05) is 12.3 Å². The van der Waals surface area contributed by atoms with Crippen LogP contribution in [0.5, 0.6) is 0 Å². The fourth-order valence-corrected chi connectivity index (χ4v) is 3.23. The second-order valence-electron chi connectivity index (χ2n) is 4.66. The van der Waals surface area contributed by atoms with Crippen molar-refractivity contribution in [2.45, 2.75) is 50.5 Å². The van der Waals surface area contributed by atoms with Crippen molar-refractivity contribution in [1.29, 1.82) is 0 Å². The third-order valence-electron chi connectivity index (χ3n) is 2.90. The first-order valence-electron chi connectivity index (χ1n) is 6.84. The molecule has 1 aromatic rings. The van der Waals surface area contributed by atoms with Crippen LogP contribution in [0.3, 0.4) is 0 Å². The van der Waals surface area contributed by atoms with Gasteiger partial charge in [-0.25, -0.2) is 0 Å². The van der Waals surface area contributed by atoms with Gasteiger partial charge >= 0.3 is 0 Å². The predicted octanol–water partition coefficient (Wildman–Crippen LogP) is 5.10. The average molecular weight is 330 g/mol. The summed E-state index contributed by atoms with van der Waals surface area (Å²) in [6.07, 6.45) is 5.32. The number of nitrogens with one attached hydrogen (secondary N) is 1. The van der Waals surface area contributed by atoms with Gasteiger partial charge in [0.25, 0.3) is 0 Å². The second kappa shape index (κ2) is 9.88. The number of thioether (sulfide) groups is 1. The van der Waals surface area contributed by atoms with Gasteiger partial charge in [-0.15, -0.1) is 11.8 Å². The Morgan fingerprint density at radius 2 is 2.17 bits per heavy atom. The summed E-state index contributed by atoms with van der Waals surface area (Å²) < 4.78 is 1.16. The minimum atomic E-state index is 0.652. The predicted molar refractivity (Wildman–Crippen MR) is 86.5 cm³/mol. The van der Waals surface area contributed by atoms with Crippen molar-refractivity contribution in [3.8, 4) is 0 Å². The van der Waals surface area contributed by atoms with E-state index in [2.05, 4.69) is 59.4 Å². The van der Waals surface area contributed by atoms with Crippen LogP contribution >= 0.6 is 27.7 Å². The Bertz CT molecular complexity index is 330. The van der Waals surface area contributed by atoms with Gasteiger partial charge in [0.15, 0.2) is 0 Å². The number of halogens is 1. The monoisotopic (exact) mass is 329 g/mol. The van der Waals surface area contributed by atoms with Crippen LogP contribution in [0.1, 0.15) is 39.5 Å².